The van der Waals surface area contributed by atoms with Gasteiger partial charge in [0.25, 0.3) is 0 Å². The van der Waals surface area contributed by atoms with E-state index < -0.39 is 0 Å². The zero-order chi connectivity index (χ0) is 9.97. The molecule has 3 heteroatoms. The molecular weight excluding hydrogens is 258 g/mol. The van der Waals surface area contributed by atoms with Crippen LogP contribution < -0.4 is 0 Å². The van der Waals surface area contributed by atoms with Crippen LogP contribution in [-0.4, -0.2) is 4.98 Å². The first kappa shape index (κ1) is 9.87. The van der Waals surface area contributed by atoms with Crippen molar-refractivity contribution in [1.29, 1.82) is 0 Å². The highest BCUT2D eigenvalue weighted by molar-refractivity contribution is 9.08. The fraction of sp³-hybridized carbons (Fsp3) is 0.182. The summed E-state index contributed by atoms with van der Waals surface area (Å²) < 4.78 is 0. The first-order chi connectivity index (χ1) is 6.79. The van der Waals surface area contributed by atoms with E-state index in [0.29, 0.717) is 0 Å². The molecule has 0 radical (unpaired) electrons. The highest BCUT2D eigenvalue weighted by Gasteiger charge is 2.01. The van der Waals surface area contributed by atoms with Crippen LogP contribution in [0.4, 0.5) is 0 Å². The van der Waals surface area contributed by atoms with E-state index in [1.807, 2.05) is 6.92 Å². The lowest BCUT2D eigenvalue weighted by Gasteiger charge is -1.98. The Balaban J connectivity index is 2.33. The van der Waals surface area contributed by atoms with Crippen LogP contribution >= 0.6 is 27.3 Å². The van der Waals surface area contributed by atoms with E-state index in [-0.39, 0.29) is 0 Å². The van der Waals surface area contributed by atoms with Crippen molar-refractivity contribution in [2.75, 3.05) is 0 Å². The average molecular weight is 268 g/mol. The molecule has 0 bridgehead atoms. The van der Waals surface area contributed by atoms with Gasteiger partial charge in [-0.15, -0.1) is 11.3 Å². The van der Waals surface area contributed by atoms with Crippen LogP contribution in [0, 0.1) is 6.92 Å². The van der Waals surface area contributed by atoms with Crippen molar-refractivity contribution < 1.29 is 0 Å². The Morgan fingerprint density at radius 3 is 2.50 bits per heavy atom. The molecule has 0 amide bonds. The molecular formula is C11H10BrNS. The van der Waals surface area contributed by atoms with Crippen LogP contribution in [0.25, 0.3) is 11.3 Å². The smallest absolute Gasteiger partial charge is 0.0901 e. The minimum Gasteiger partial charge on any atom is -0.242 e. The van der Waals surface area contributed by atoms with Crippen molar-refractivity contribution in [3.8, 4) is 11.3 Å². The Morgan fingerprint density at radius 1 is 1.29 bits per heavy atom. The predicted molar refractivity (Wildman–Crippen MR) is 64.9 cm³/mol. The molecule has 0 N–H and O–H groups in total. The Hall–Kier alpha value is -0.670. The molecule has 1 nitrogen and oxygen atoms in total. The summed E-state index contributed by atoms with van der Waals surface area (Å²) in [6.07, 6.45) is 0. The highest BCUT2D eigenvalue weighted by atomic mass is 79.9. The van der Waals surface area contributed by atoms with Crippen molar-refractivity contribution in [2.45, 2.75) is 12.3 Å². The number of hydrogen-bond acceptors (Lipinski definition) is 2. The maximum Gasteiger partial charge on any atom is 0.0901 e. The third-order valence-electron chi connectivity index (χ3n) is 2.02. The molecule has 0 spiro atoms. The van der Waals surface area contributed by atoms with Gasteiger partial charge in [-0.05, 0) is 12.5 Å². The van der Waals surface area contributed by atoms with Gasteiger partial charge in [-0.25, -0.2) is 4.98 Å². The summed E-state index contributed by atoms with van der Waals surface area (Å²) in [5, 5.41) is 4.12. The quantitative estimate of drug-likeness (QED) is 0.750. The zero-order valence-corrected chi connectivity index (χ0v) is 10.2. The van der Waals surface area contributed by atoms with Crippen LogP contribution in [-0.2, 0) is 5.33 Å². The molecule has 0 fully saturated rings. The second kappa shape index (κ2) is 4.24. The predicted octanol–water partition coefficient (Wildman–Crippen LogP) is 4.01. The number of thiazole rings is 1. The average Bonchev–Trinajstić information content (AvgIpc) is 2.65. The standard InChI is InChI=1S/C11H10BrNS/c1-8-13-11(7-14-8)10-4-2-9(6-12)3-5-10/h2-5,7H,6H2,1H3. The molecule has 0 unspecified atom stereocenters. The minimum atomic E-state index is 0.906. The van der Waals surface area contributed by atoms with Gasteiger partial charge >= 0.3 is 0 Å². The van der Waals surface area contributed by atoms with Crippen LogP contribution in [0.3, 0.4) is 0 Å². The van der Waals surface area contributed by atoms with E-state index in [1.165, 1.54) is 11.1 Å². The SMILES string of the molecule is Cc1nc(-c2ccc(CBr)cc2)cs1. The van der Waals surface area contributed by atoms with Crippen molar-refractivity contribution >= 4 is 27.3 Å². The Kier molecular flexibility index (Phi) is 2.99. The topological polar surface area (TPSA) is 12.9 Å². The first-order valence-corrected chi connectivity index (χ1v) is 6.37. The fourth-order valence-corrected chi connectivity index (χ4v) is 2.26. The van der Waals surface area contributed by atoms with Gasteiger partial charge < -0.3 is 0 Å². The van der Waals surface area contributed by atoms with Crippen molar-refractivity contribution in [3.05, 3.63) is 40.2 Å². The van der Waals surface area contributed by atoms with Crippen LogP contribution in [0.5, 0.6) is 0 Å². The van der Waals surface area contributed by atoms with Crippen molar-refractivity contribution in [2.24, 2.45) is 0 Å². The maximum atomic E-state index is 4.44. The number of aryl methyl sites for hydroxylation is 1. The molecule has 0 aliphatic rings. The van der Waals surface area contributed by atoms with Crippen LogP contribution in [0.2, 0.25) is 0 Å². The highest BCUT2D eigenvalue weighted by Crippen LogP contribution is 2.22. The summed E-state index contributed by atoms with van der Waals surface area (Å²) in [7, 11) is 0. The first-order valence-electron chi connectivity index (χ1n) is 4.37. The molecule has 0 aliphatic heterocycles. The van der Waals surface area contributed by atoms with Gasteiger partial charge in [0.05, 0.1) is 10.7 Å². The number of aromatic nitrogens is 1. The number of hydrogen-bond donors (Lipinski definition) is 0. The number of benzene rings is 1. The molecule has 1 heterocycles. The minimum absolute atomic E-state index is 0.906. The van der Waals surface area contributed by atoms with Gasteiger partial charge in [-0.1, -0.05) is 40.2 Å². The monoisotopic (exact) mass is 267 g/mol. The van der Waals surface area contributed by atoms with Crippen molar-refractivity contribution in [3.63, 3.8) is 0 Å². The largest absolute Gasteiger partial charge is 0.242 e. The molecule has 0 aliphatic carbocycles. The van der Waals surface area contributed by atoms with Gasteiger partial charge in [0.15, 0.2) is 0 Å². The van der Waals surface area contributed by atoms with Crippen LogP contribution in [0.1, 0.15) is 10.6 Å². The molecule has 0 atom stereocenters. The van der Waals surface area contributed by atoms with Gasteiger partial charge in [0.1, 0.15) is 0 Å². The Labute approximate surface area is 95.9 Å². The number of halogens is 1. The van der Waals surface area contributed by atoms with Gasteiger partial charge in [-0.2, -0.15) is 0 Å². The lowest BCUT2D eigenvalue weighted by Crippen LogP contribution is -1.80. The maximum absolute atomic E-state index is 4.44. The summed E-state index contributed by atoms with van der Waals surface area (Å²) in [6.45, 7) is 2.03. The van der Waals surface area contributed by atoms with Gasteiger partial charge in [0, 0.05) is 16.3 Å². The number of rotatable bonds is 2. The Morgan fingerprint density at radius 2 is 2.00 bits per heavy atom. The van der Waals surface area contributed by atoms with E-state index in [0.717, 1.165) is 16.0 Å². The van der Waals surface area contributed by atoms with E-state index in [9.17, 15) is 0 Å². The number of alkyl halides is 1. The lowest BCUT2D eigenvalue weighted by molar-refractivity contribution is 1.29. The molecule has 1 aromatic carbocycles. The molecule has 1 aromatic heterocycles. The molecule has 14 heavy (non-hydrogen) atoms. The Bertz CT molecular complexity index is 419. The second-order valence-electron chi connectivity index (χ2n) is 3.08. The summed E-state index contributed by atoms with van der Waals surface area (Å²) in [6, 6.07) is 8.48. The van der Waals surface area contributed by atoms with E-state index in [2.05, 4.69) is 50.6 Å². The molecule has 2 aromatic rings. The molecule has 0 saturated carbocycles. The van der Waals surface area contributed by atoms with Crippen molar-refractivity contribution in [1.82, 2.24) is 4.98 Å². The molecule has 2 rings (SSSR count). The van der Waals surface area contributed by atoms with E-state index in [1.54, 1.807) is 11.3 Å². The zero-order valence-electron chi connectivity index (χ0n) is 7.83. The number of nitrogens with zero attached hydrogens (tertiary/aromatic N) is 1. The van der Waals surface area contributed by atoms with E-state index in [4.69, 9.17) is 0 Å². The molecule has 72 valence electrons. The summed E-state index contributed by atoms with van der Waals surface area (Å²) in [5.41, 5.74) is 3.56. The van der Waals surface area contributed by atoms with Gasteiger partial charge in [0.2, 0.25) is 0 Å². The normalized spacial score (nSPS) is 10.4. The lowest BCUT2D eigenvalue weighted by atomic mass is 10.1. The third kappa shape index (κ3) is 2.04. The summed E-state index contributed by atoms with van der Waals surface area (Å²) >= 11 is 5.12. The van der Waals surface area contributed by atoms with E-state index >= 15 is 0 Å². The summed E-state index contributed by atoms with van der Waals surface area (Å²) in [4.78, 5) is 4.44. The van der Waals surface area contributed by atoms with Crippen LogP contribution in [0.15, 0.2) is 29.6 Å². The fourth-order valence-electron chi connectivity index (χ4n) is 1.26. The summed E-state index contributed by atoms with van der Waals surface area (Å²) in [5.74, 6) is 0. The van der Waals surface area contributed by atoms with Gasteiger partial charge in [-0.3, -0.25) is 0 Å². The third-order valence-corrected chi connectivity index (χ3v) is 3.44. The second-order valence-corrected chi connectivity index (χ2v) is 4.71. The molecule has 0 saturated heterocycles.